The predicted molar refractivity (Wildman–Crippen MR) is 143 cm³/mol. The first-order valence-electron chi connectivity index (χ1n) is 12.4. The number of phenolic OH excluding ortho intramolecular Hbond substituents is 1. The first kappa shape index (κ1) is 26.6. The SMILES string of the molecule is CCCOc1cccc(/C(O)=C2\C(=O)C(=O)N(CCc3ccc(OC)c(OC)c3)C2c2ccc(O)cc2)c1. The van der Waals surface area contributed by atoms with Gasteiger partial charge in [-0.1, -0.05) is 37.3 Å². The minimum atomic E-state index is -0.837. The number of ketones is 1. The molecule has 1 aliphatic rings. The van der Waals surface area contributed by atoms with Crippen molar-refractivity contribution in [3.05, 3.63) is 89.0 Å². The molecule has 8 nitrogen and oxygen atoms in total. The summed E-state index contributed by atoms with van der Waals surface area (Å²) in [6, 6.07) is 17.7. The van der Waals surface area contributed by atoms with E-state index in [1.54, 1.807) is 56.7 Å². The second kappa shape index (κ2) is 11.7. The number of nitrogens with zero attached hydrogens (tertiary/aromatic N) is 1. The van der Waals surface area contributed by atoms with Crippen LogP contribution in [-0.2, 0) is 16.0 Å². The summed E-state index contributed by atoms with van der Waals surface area (Å²) in [5.74, 6) is 0.00283. The summed E-state index contributed by atoms with van der Waals surface area (Å²) >= 11 is 0. The summed E-state index contributed by atoms with van der Waals surface area (Å²) in [7, 11) is 3.10. The molecule has 1 saturated heterocycles. The third-order valence-electron chi connectivity index (χ3n) is 6.42. The van der Waals surface area contributed by atoms with Gasteiger partial charge in [0.15, 0.2) is 11.5 Å². The van der Waals surface area contributed by atoms with Gasteiger partial charge >= 0.3 is 0 Å². The Bertz CT molecular complexity index is 1350. The molecule has 1 unspecified atom stereocenters. The second-order valence-electron chi connectivity index (χ2n) is 8.90. The van der Waals surface area contributed by atoms with Crippen LogP contribution >= 0.6 is 0 Å². The van der Waals surface area contributed by atoms with Gasteiger partial charge in [0.05, 0.1) is 32.4 Å². The highest BCUT2D eigenvalue weighted by Gasteiger charge is 2.45. The van der Waals surface area contributed by atoms with Gasteiger partial charge in [-0.2, -0.15) is 0 Å². The monoisotopic (exact) mass is 517 g/mol. The Balaban J connectivity index is 1.73. The fourth-order valence-electron chi connectivity index (χ4n) is 4.51. The largest absolute Gasteiger partial charge is 0.508 e. The third-order valence-corrected chi connectivity index (χ3v) is 6.42. The molecule has 198 valence electrons. The van der Waals surface area contributed by atoms with Gasteiger partial charge < -0.3 is 29.3 Å². The van der Waals surface area contributed by atoms with E-state index in [9.17, 15) is 19.8 Å². The van der Waals surface area contributed by atoms with E-state index in [1.807, 2.05) is 19.1 Å². The van der Waals surface area contributed by atoms with Crippen molar-refractivity contribution >= 4 is 17.4 Å². The van der Waals surface area contributed by atoms with E-state index in [1.165, 1.54) is 17.0 Å². The number of amides is 1. The van der Waals surface area contributed by atoms with Gasteiger partial charge in [0.1, 0.15) is 17.3 Å². The Labute approximate surface area is 221 Å². The quantitative estimate of drug-likeness (QED) is 0.225. The molecule has 1 amide bonds. The summed E-state index contributed by atoms with van der Waals surface area (Å²) in [5, 5.41) is 21.1. The first-order valence-corrected chi connectivity index (χ1v) is 12.4. The van der Waals surface area contributed by atoms with E-state index in [2.05, 4.69) is 0 Å². The molecule has 0 aliphatic carbocycles. The Morgan fingerprint density at radius 3 is 2.37 bits per heavy atom. The predicted octanol–water partition coefficient (Wildman–Crippen LogP) is 4.86. The molecule has 2 N–H and O–H groups in total. The lowest BCUT2D eigenvalue weighted by Gasteiger charge is -2.25. The number of likely N-dealkylation sites (tertiary alicyclic amines) is 1. The van der Waals surface area contributed by atoms with Gasteiger partial charge in [0.25, 0.3) is 11.7 Å². The molecular weight excluding hydrogens is 486 g/mol. The van der Waals surface area contributed by atoms with Gasteiger partial charge in [-0.05, 0) is 60.4 Å². The molecule has 8 heteroatoms. The van der Waals surface area contributed by atoms with Crippen LogP contribution in [0.5, 0.6) is 23.0 Å². The number of hydrogen-bond acceptors (Lipinski definition) is 7. The molecule has 0 spiro atoms. The van der Waals surface area contributed by atoms with Crippen molar-refractivity contribution in [3.63, 3.8) is 0 Å². The second-order valence-corrected chi connectivity index (χ2v) is 8.90. The van der Waals surface area contributed by atoms with Crippen LogP contribution in [0.15, 0.2) is 72.3 Å². The maximum atomic E-state index is 13.3. The number of phenols is 1. The zero-order valence-electron chi connectivity index (χ0n) is 21.6. The molecule has 1 fully saturated rings. The lowest BCUT2D eigenvalue weighted by molar-refractivity contribution is -0.139. The average molecular weight is 518 g/mol. The van der Waals surface area contributed by atoms with Crippen LogP contribution in [0.4, 0.5) is 0 Å². The van der Waals surface area contributed by atoms with E-state index in [-0.39, 0.29) is 23.6 Å². The van der Waals surface area contributed by atoms with E-state index >= 15 is 0 Å². The molecule has 0 saturated carbocycles. The number of ether oxygens (including phenoxy) is 3. The van der Waals surface area contributed by atoms with Gasteiger partial charge in [-0.3, -0.25) is 9.59 Å². The highest BCUT2D eigenvalue weighted by Crippen LogP contribution is 2.40. The van der Waals surface area contributed by atoms with Crippen LogP contribution in [0.2, 0.25) is 0 Å². The van der Waals surface area contributed by atoms with Gasteiger partial charge in [-0.25, -0.2) is 0 Å². The molecule has 1 atom stereocenters. The lowest BCUT2D eigenvalue weighted by Crippen LogP contribution is -2.31. The number of carbonyl (C=O) groups is 2. The fourth-order valence-corrected chi connectivity index (χ4v) is 4.51. The standard InChI is InChI=1S/C30H31NO7/c1-4-16-38-23-7-5-6-21(18-23)28(33)26-27(20-9-11-22(32)12-10-20)31(30(35)29(26)34)15-14-19-8-13-24(36-2)25(17-19)37-3/h5-13,17-18,27,32-33H,4,14-16H2,1-3H3/b28-26+. The van der Waals surface area contributed by atoms with Crippen molar-refractivity contribution in [2.75, 3.05) is 27.4 Å². The molecule has 1 heterocycles. The van der Waals surface area contributed by atoms with Crippen LogP contribution in [0.3, 0.4) is 0 Å². The topological polar surface area (TPSA) is 106 Å². The van der Waals surface area contributed by atoms with E-state index in [0.29, 0.717) is 41.4 Å². The van der Waals surface area contributed by atoms with Crippen LogP contribution < -0.4 is 14.2 Å². The van der Waals surface area contributed by atoms with Gasteiger partial charge in [0, 0.05) is 12.1 Å². The Morgan fingerprint density at radius 1 is 0.947 bits per heavy atom. The van der Waals surface area contributed by atoms with E-state index in [0.717, 1.165) is 12.0 Å². The molecule has 0 aromatic heterocycles. The normalized spacial score (nSPS) is 16.5. The molecule has 0 radical (unpaired) electrons. The van der Waals surface area contributed by atoms with Crippen molar-refractivity contribution in [2.24, 2.45) is 0 Å². The van der Waals surface area contributed by atoms with Crippen molar-refractivity contribution in [2.45, 2.75) is 25.8 Å². The van der Waals surface area contributed by atoms with E-state index < -0.39 is 17.7 Å². The number of rotatable bonds is 10. The minimum Gasteiger partial charge on any atom is -0.508 e. The van der Waals surface area contributed by atoms with Crippen LogP contribution in [-0.4, -0.2) is 54.2 Å². The number of hydrogen-bond donors (Lipinski definition) is 2. The number of aliphatic hydroxyl groups excluding tert-OH is 1. The number of Topliss-reactive ketones (excluding diaryl/α,β-unsaturated/α-hetero) is 1. The van der Waals surface area contributed by atoms with Crippen LogP contribution in [0.1, 0.15) is 36.1 Å². The molecular formula is C30H31NO7. The molecule has 4 rings (SSSR count). The first-order chi connectivity index (χ1) is 18.4. The fraction of sp³-hybridized carbons (Fsp3) is 0.267. The minimum absolute atomic E-state index is 0.0133. The summed E-state index contributed by atoms with van der Waals surface area (Å²) in [6.45, 7) is 2.71. The van der Waals surface area contributed by atoms with Crippen LogP contribution in [0, 0.1) is 0 Å². The number of methoxy groups -OCH3 is 2. The maximum Gasteiger partial charge on any atom is 0.295 e. The highest BCUT2D eigenvalue weighted by atomic mass is 16.5. The lowest BCUT2D eigenvalue weighted by atomic mass is 9.95. The van der Waals surface area contributed by atoms with Crippen molar-refractivity contribution in [1.29, 1.82) is 0 Å². The highest BCUT2D eigenvalue weighted by molar-refractivity contribution is 6.46. The van der Waals surface area contributed by atoms with Crippen LogP contribution in [0.25, 0.3) is 5.76 Å². The van der Waals surface area contributed by atoms with Crippen molar-refractivity contribution in [3.8, 4) is 23.0 Å². The third kappa shape index (κ3) is 5.44. The van der Waals surface area contributed by atoms with Crippen molar-refractivity contribution in [1.82, 2.24) is 4.90 Å². The summed E-state index contributed by atoms with van der Waals surface area (Å²) in [5.41, 5.74) is 1.84. The molecule has 1 aliphatic heterocycles. The number of aliphatic hydroxyl groups is 1. The molecule has 3 aromatic carbocycles. The molecule has 0 bridgehead atoms. The Morgan fingerprint density at radius 2 is 1.68 bits per heavy atom. The van der Waals surface area contributed by atoms with Gasteiger partial charge in [-0.15, -0.1) is 0 Å². The maximum absolute atomic E-state index is 13.3. The Hall–Kier alpha value is -4.46. The zero-order valence-corrected chi connectivity index (χ0v) is 21.6. The summed E-state index contributed by atoms with van der Waals surface area (Å²) < 4.78 is 16.4. The van der Waals surface area contributed by atoms with Crippen molar-refractivity contribution < 1.29 is 34.0 Å². The number of benzene rings is 3. The van der Waals surface area contributed by atoms with E-state index in [4.69, 9.17) is 14.2 Å². The van der Waals surface area contributed by atoms with Gasteiger partial charge in [0.2, 0.25) is 0 Å². The average Bonchev–Trinajstić information content (AvgIpc) is 3.19. The number of carbonyl (C=O) groups excluding carboxylic acids is 2. The zero-order chi connectivity index (χ0) is 27.2. The smallest absolute Gasteiger partial charge is 0.295 e. The summed E-state index contributed by atoms with van der Waals surface area (Å²) in [6.07, 6.45) is 1.25. The summed E-state index contributed by atoms with van der Waals surface area (Å²) in [4.78, 5) is 28.0. The Kier molecular flexibility index (Phi) is 8.21. The number of aromatic hydroxyl groups is 1. The molecule has 38 heavy (non-hydrogen) atoms. The molecule has 3 aromatic rings.